The van der Waals surface area contributed by atoms with E-state index in [0.717, 1.165) is 11.5 Å². The summed E-state index contributed by atoms with van der Waals surface area (Å²) in [7, 11) is 0. The summed E-state index contributed by atoms with van der Waals surface area (Å²) in [6.07, 6.45) is 10.5. The van der Waals surface area contributed by atoms with Crippen molar-refractivity contribution in [2.75, 3.05) is 0 Å². The van der Waals surface area contributed by atoms with Crippen molar-refractivity contribution in [1.29, 1.82) is 0 Å². The average molecular weight is 226 g/mol. The van der Waals surface area contributed by atoms with E-state index in [4.69, 9.17) is 0 Å². The molecule has 0 N–H and O–H groups in total. The van der Waals surface area contributed by atoms with E-state index >= 15 is 0 Å². The first-order chi connectivity index (χ1) is 8.33. The van der Waals surface area contributed by atoms with E-state index in [1.165, 1.54) is 0 Å². The molecular formula is C11H10N6. The molecule has 0 fully saturated rings. The minimum Gasteiger partial charge on any atom is -0.290 e. The zero-order chi connectivity index (χ0) is 11.7. The Morgan fingerprint density at radius 3 is 2.29 bits per heavy atom. The Morgan fingerprint density at radius 1 is 0.941 bits per heavy atom. The molecule has 3 aromatic heterocycles. The molecule has 84 valence electrons. The molecule has 0 radical (unpaired) electrons. The first-order valence-electron chi connectivity index (χ1n) is 5.15. The molecule has 0 saturated heterocycles. The van der Waals surface area contributed by atoms with Crippen molar-refractivity contribution in [3.05, 3.63) is 49.2 Å². The lowest BCUT2D eigenvalue weighted by Gasteiger charge is -2.06. The Labute approximate surface area is 97.6 Å². The van der Waals surface area contributed by atoms with Gasteiger partial charge in [0.25, 0.3) is 0 Å². The largest absolute Gasteiger partial charge is 0.290 e. The van der Waals surface area contributed by atoms with Gasteiger partial charge in [-0.15, -0.1) is 0 Å². The van der Waals surface area contributed by atoms with Crippen molar-refractivity contribution in [2.45, 2.75) is 6.92 Å². The highest BCUT2D eigenvalue weighted by Gasteiger charge is 2.05. The molecule has 0 aliphatic rings. The van der Waals surface area contributed by atoms with Crippen LogP contribution in [0.4, 0.5) is 0 Å². The van der Waals surface area contributed by atoms with Gasteiger partial charge in [0.15, 0.2) is 0 Å². The van der Waals surface area contributed by atoms with Crippen LogP contribution >= 0.6 is 0 Å². The lowest BCUT2D eigenvalue weighted by Crippen LogP contribution is -2.04. The van der Waals surface area contributed by atoms with E-state index in [1.807, 2.05) is 30.0 Å². The number of nitrogens with zero attached hydrogens (tertiary/aromatic N) is 6. The number of rotatable bonds is 2. The van der Waals surface area contributed by atoms with Gasteiger partial charge < -0.3 is 0 Å². The molecule has 3 rings (SSSR count). The van der Waals surface area contributed by atoms with Gasteiger partial charge in [-0.05, 0) is 6.92 Å². The van der Waals surface area contributed by atoms with Crippen LogP contribution in [0.15, 0.2) is 43.5 Å². The summed E-state index contributed by atoms with van der Waals surface area (Å²) < 4.78 is 3.61. The fraction of sp³-hybridized carbons (Fsp3) is 0.0909. The normalized spacial score (nSPS) is 10.6. The number of aryl methyl sites for hydroxylation is 1. The quantitative estimate of drug-likeness (QED) is 0.657. The summed E-state index contributed by atoms with van der Waals surface area (Å²) in [5.41, 5.74) is 0.896. The monoisotopic (exact) mass is 226 g/mol. The molecule has 0 spiro atoms. The summed E-state index contributed by atoms with van der Waals surface area (Å²) in [5, 5.41) is 0. The summed E-state index contributed by atoms with van der Waals surface area (Å²) >= 11 is 0. The van der Waals surface area contributed by atoms with Crippen molar-refractivity contribution >= 4 is 0 Å². The van der Waals surface area contributed by atoms with Gasteiger partial charge in [0, 0.05) is 36.5 Å². The van der Waals surface area contributed by atoms with Gasteiger partial charge in [0.2, 0.25) is 5.95 Å². The van der Waals surface area contributed by atoms with E-state index in [1.54, 1.807) is 29.6 Å². The van der Waals surface area contributed by atoms with E-state index < -0.39 is 0 Å². The Hall–Kier alpha value is -2.50. The molecule has 0 unspecified atom stereocenters. The van der Waals surface area contributed by atoms with Gasteiger partial charge in [-0.25, -0.2) is 15.0 Å². The molecule has 0 aliphatic carbocycles. The maximum absolute atomic E-state index is 4.45. The van der Waals surface area contributed by atoms with E-state index in [2.05, 4.69) is 19.9 Å². The predicted molar refractivity (Wildman–Crippen MR) is 61.0 cm³/mol. The molecule has 0 aromatic carbocycles. The molecule has 3 heterocycles. The van der Waals surface area contributed by atoms with Gasteiger partial charge in [0.05, 0.1) is 0 Å². The lowest BCUT2D eigenvalue weighted by atomic mass is 10.4. The minimum atomic E-state index is 0.603. The van der Waals surface area contributed by atoms with Crippen LogP contribution < -0.4 is 0 Å². The van der Waals surface area contributed by atoms with Crippen LogP contribution in [0.5, 0.6) is 0 Å². The first kappa shape index (κ1) is 9.71. The van der Waals surface area contributed by atoms with Crippen molar-refractivity contribution in [3.8, 4) is 11.8 Å². The van der Waals surface area contributed by atoms with Gasteiger partial charge in [-0.3, -0.25) is 9.13 Å². The summed E-state index contributed by atoms with van der Waals surface area (Å²) in [5.74, 6) is 1.39. The number of aromatic nitrogens is 6. The van der Waals surface area contributed by atoms with Crippen LogP contribution in [0.1, 0.15) is 5.69 Å². The second-order valence-electron chi connectivity index (χ2n) is 3.61. The van der Waals surface area contributed by atoms with Crippen LogP contribution in [0.2, 0.25) is 0 Å². The lowest BCUT2D eigenvalue weighted by molar-refractivity contribution is 0.872. The molecule has 3 aromatic rings. The van der Waals surface area contributed by atoms with Gasteiger partial charge >= 0.3 is 0 Å². The second kappa shape index (κ2) is 3.82. The zero-order valence-electron chi connectivity index (χ0n) is 9.22. The topological polar surface area (TPSA) is 61.4 Å². The smallest absolute Gasteiger partial charge is 0.237 e. The SMILES string of the molecule is Cc1cc(-n2ccnc2)nc(-n2ccnc2)n1. The van der Waals surface area contributed by atoms with E-state index in [0.29, 0.717) is 5.95 Å². The summed E-state index contributed by atoms with van der Waals surface area (Å²) in [6.45, 7) is 1.93. The van der Waals surface area contributed by atoms with Crippen LogP contribution in [-0.2, 0) is 0 Å². The number of hydrogen-bond acceptors (Lipinski definition) is 4. The van der Waals surface area contributed by atoms with Gasteiger partial charge in [-0.2, -0.15) is 4.98 Å². The number of hydrogen-bond donors (Lipinski definition) is 0. The van der Waals surface area contributed by atoms with Crippen LogP contribution in [0, 0.1) is 6.92 Å². The molecule has 6 heteroatoms. The van der Waals surface area contributed by atoms with E-state index in [-0.39, 0.29) is 0 Å². The second-order valence-corrected chi connectivity index (χ2v) is 3.61. The van der Waals surface area contributed by atoms with Crippen molar-refractivity contribution in [2.24, 2.45) is 0 Å². The highest BCUT2D eigenvalue weighted by atomic mass is 15.2. The highest BCUT2D eigenvalue weighted by Crippen LogP contribution is 2.09. The van der Waals surface area contributed by atoms with Crippen molar-refractivity contribution in [1.82, 2.24) is 29.1 Å². The van der Waals surface area contributed by atoms with Gasteiger partial charge in [0.1, 0.15) is 18.5 Å². The third kappa shape index (κ3) is 1.80. The maximum Gasteiger partial charge on any atom is 0.237 e. The Balaban J connectivity index is 2.13. The van der Waals surface area contributed by atoms with Crippen LogP contribution in [-0.4, -0.2) is 29.1 Å². The minimum absolute atomic E-state index is 0.603. The van der Waals surface area contributed by atoms with Crippen LogP contribution in [0.25, 0.3) is 11.8 Å². The molecule has 0 bridgehead atoms. The fourth-order valence-corrected chi connectivity index (χ4v) is 1.56. The fourth-order valence-electron chi connectivity index (χ4n) is 1.56. The van der Waals surface area contributed by atoms with E-state index in [9.17, 15) is 0 Å². The molecular weight excluding hydrogens is 216 g/mol. The number of imidazole rings is 2. The summed E-state index contributed by atoms with van der Waals surface area (Å²) in [6, 6.07) is 1.90. The Morgan fingerprint density at radius 2 is 1.65 bits per heavy atom. The summed E-state index contributed by atoms with van der Waals surface area (Å²) in [4.78, 5) is 16.8. The highest BCUT2D eigenvalue weighted by molar-refractivity contribution is 5.29. The molecule has 17 heavy (non-hydrogen) atoms. The van der Waals surface area contributed by atoms with Crippen LogP contribution in [0.3, 0.4) is 0 Å². The molecule has 6 nitrogen and oxygen atoms in total. The molecule has 0 aliphatic heterocycles. The third-order valence-electron chi connectivity index (χ3n) is 2.33. The van der Waals surface area contributed by atoms with Crippen molar-refractivity contribution < 1.29 is 0 Å². The third-order valence-corrected chi connectivity index (χ3v) is 2.33. The van der Waals surface area contributed by atoms with Gasteiger partial charge in [-0.1, -0.05) is 0 Å². The standard InChI is InChI=1S/C11H10N6/c1-9-6-10(16-4-2-12-7-16)15-11(14-9)17-5-3-13-8-17/h2-8H,1H3. The molecule has 0 atom stereocenters. The zero-order valence-corrected chi connectivity index (χ0v) is 9.22. The average Bonchev–Trinajstić information content (AvgIpc) is 3.02. The Bertz CT molecular complexity index is 559. The first-order valence-corrected chi connectivity index (χ1v) is 5.15. The molecule has 0 saturated carbocycles. The molecule has 0 amide bonds. The Kier molecular flexibility index (Phi) is 2.18. The van der Waals surface area contributed by atoms with Crippen molar-refractivity contribution in [3.63, 3.8) is 0 Å². The predicted octanol–water partition coefficient (Wildman–Crippen LogP) is 1.16. The maximum atomic E-state index is 4.45.